The molecular weight excluding hydrogens is 280 g/mol. The maximum absolute atomic E-state index is 9.83. The van der Waals surface area contributed by atoms with Gasteiger partial charge in [0.2, 0.25) is 5.82 Å². The SMILES string of the molecule is Cc1cnnc(-c2noc(-c3ccc(Cl)cc3O)n2)c1. The van der Waals surface area contributed by atoms with Crippen molar-refractivity contribution >= 4 is 11.6 Å². The van der Waals surface area contributed by atoms with Gasteiger partial charge in [-0.1, -0.05) is 16.8 Å². The molecule has 0 bridgehead atoms. The number of aromatic hydroxyl groups is 1. The second-order valence-corrected chi connectivity index (χ2v) is 4.64. The number of hydrogen-bond acceptors (Lipinski definition) is 6. The summed E-state index contributed by atoms with van der Waals surface area (Å²) in [5.74, 6) is 0.478. The Morgan fingerprint density at radius 2 is 2.10 bits per heavy atom. The number of hydrogen-bond donors (Lipinski definition) is 1. The van der Waals surface area contributed by atoms with Crippen molar-refractivity contribution in [1.82, 2.24) is 20.3 Å². The van der Waals surface area contributed by atoms with Crippen molar-refractivity contribution in [3.8, 4) is 28.7 Å². The van der Waals surface area contributed by atoms with Gasteiger partial charge in [0.15, 0.2) is 0 Å². The maximum atomic E-state index is 9.83. The fourth-order valence-electron chi connectivity index (χ4n) is 1.70. The van der Waals surface area contributed by atoms with Gasteiger partial charge >= 0.3 is 0 Å². The number of nitrogens with zero attached hydrogens (tertiary/aromatic N) is 4. The number of phenolic OH excluding ortho intramolecular Hbond substituents is 1. The van der Waals surface area contributed by atoms with Crippen molar-refractivity contribution < 1.29 is 9.63 Å². The van der Waals surface area contributed by atoms with Crippen molar-refractivity contribution in [2.75, 3.05) is 0 Å². The molecule has 3 rings (SSSR count). The van der Waals surface area contributed by atoms with E-state index >= 15 is 0 Å². The van der Waals surface area contributed by atoms with Crippen molar-refractivity contribution in [3.63, 3.8) is 0 Å². The molecule has 6 nitrogen and oxygen atoms in total. The predicted octanol–water partition coefficient (Wildman–Crippen LogP) is 2.86. The van der Waals surface area contributed by atoms with E-state index < -0.39 is 0 Å². The van der Waals surface area contributed by atoms with Crippen LogP contribution in [-0.2, 0) is 0 Å². The van der Waals surface area contributed by atoms with E-state index in [0.717, 1.165) is 5.56 Å². The molecule has 0 aliphatic heterocycles. The minimum Gasteiger partial charge on any atom is -0.507 e. The second-order valence-electron chi connectivity index (χ2n) is 4.20. The summed E-state index contributed by atoms with van der Waals surface area (Å²) in [7, 11) is 0. The van der Waals surface area contributed by atoms with Crippen LogP contribution in [-0.4, -0.2) is 25.4 Å². The van der Waals surface area contributed by atoms with Gasteiger partial charge in [0.1, 0.15) is 11.4 Å². The van der Waals surface area contributed by atoms with Gasteiger partial charge in [-0.15, -0.1) is 5.10 Å². The van der Waals surface area contributed by atoms with Crippen molar-refractivity contribution in [2.24, 2.45) is 0 Å². The van der Waals surface area contributed by atoms with Gasteiger partial charge in [-0.2, -0.15) is 10.1 Å². The smallest absolute Gasteiger partial charge is 0.262 e. The van der Waals surface area contributed by atoms with Crippen molar-refractivity contribution in [3.05, 3.63) is 41.0 Å². The highest BCUT2D eigenvalue weighted by molar-refractivity contribution is 6.30. The molecule has 0 fully saturated rings. The lowest BCUT2D eigenvalue weighted by molar-refractivity contribution is 0.425. The molecule has 20 heavy (non-hydrogen) atoms. The lowest BCUT2D eigenvalue weighted by Crippen LogP contribution is -1.90. The Bertz CT molecular complexity index is 773. The summed E-state index contributed by atoms with van der Waals surface area (Å²) in [5, 5.41) is 21.9. The van der Waals surface area contributed by atoms with Crippen LogP contribution in [0.4, 0.5) is 0 Å². The highest BCUT2D eigenvalue weighted by atomic mass is 35.5. The molecule has 0 saturated carbocycles. The highest BCUT2D eigenvalue weighted by Gasteiger charge is 2.15. The summed E-state index contributed by atoms with van der Waals surface area (Å²) in [5.41, 5.74) is 1.86. The van der Waals surface area contributed by atoms with Gasteiger partial charge in [0.05, 0.1) is 11.8 Å². The first-order valence-corrected chi connectivity index (χ1v) is 6.13. The van der Waals surface area contributed by atoms with E-state index in [2.05, 4.69) is 20.3 Å². The minimum absolute atomic E-state index is 0.0250. The third-order valence-electron chi connectivity index (χ3n) is 2.64. The van der Waals surface area contributed by atoms with Gasteiger partial charge in [-0.3, -0.25) is 0 Å². The standard InChI is InChI=1S/C13H9ClN4O2/c1-7-4-10(17-15-6-7)12-16-13(20-18-12)9-3-2-8(14)5-11(9)19/h2-6,19H,1H3. The summed E-state index contributed by atoms with van der Waals surface area (Å²) in [6, 6.07) is 6.44. The Balaban J connectivity index is 2.02. The highest BCUT2D eigenvalue weighted by Crippen LogP contribution is 2.31. The number of rotatable bonds is 2. The summed E-state index contributed by atoms with van der Waals surface area (Å²) in [6.07, 6.45) is 1.63. The fourth-order valence-corrected chi connectivity index (χ4v) is 1.86. The summed E-state index contributed by atoms with van der Waals surface area (Å²) < 4.78 is 5.13. The van der Waals surface area contributed by atoms with Gasteiger partial charge < -0.3 is 9.63 Å². The maximum Gasteiger partial charge on any atom is 0.262 e. The molecule has 2 aromatic heterocycles. The van der Waals surface area contributed by atoms with Crippen LogP contribution in [0.15, 0.2) is 35.0 Å². The van der Waals surface area contributed by atoms with Gasteiger partial charge in [-0.25, -0.2) is 0 Å². The lowest BCUT2D eigenvalue weighted by Gasteiger charge is -1.98. The molecule has 1 N–H and O–H groups in total. The van der Waals surface area contributed by atoms with Gasteiger partial charge in [0, 0.05) is 5.02 Å². The molecule has 0 spiro atoms. The zero-order valence-corrected chi connectivity index (χ0v) is 11.2. The van der Waals surface area contributed by atoms with Crippen molar-refractivity contribution in [1.29, 1.82) is 0 Å². The third-order valence-corrected chi connectivity index (χ3v) is 2.87. The zero-order chi connectivity index (χ0) is 14.1. The monoisotopic (exact) mass is 288 g/mol. The fraction of sp³-hybridized carbons (Fsp3) is 0.0769. The second kappa shape index (κ2) is 4.90. The molecule has 3 aromatic rings. The quantitative estimate of drug-likeness (QED) is 0.780. The van der Waals surface area contributed by atoms with E-state index in [9.17, 15) is 5.11 Å². The average molecular weight is 289 g/mol. The van der Waals surface area contributed by atoms with E-state index in [1.54, 1.807) is 24.4 Å². The largest absolute Gasteiger partial charge is 0.507 e. The first kappa shape index (κ1) is 12.6. The van der Waals surface area contributed by atoms with Crippen LogP contribution < -0.4 is 0 Å². The molecule has 1 aromatic carbocycles. The molecule has 100 valence electrons. The number of aromatic nitrogens is 4. The van der Waals surface area contributed by atoms with Crippen molar-refractivity contribution in [2.45, 2.75) is 6.92 Å². The van der Waals surface area contributed by atoms with Crippen LogP contribution >= 0.6 is 11.6 Å². The van der Waals surface area contributed by atoms with E-state index in [1.807, 2.05) is 6.92 Å². The Morgan fingerprint density at radius 1 is 1.25 bits per heavy atom. The van der Waals surface area contributed by atoms with E-state index in [-0.39, 0.29) is 11.6 Å². The molecule has 7 heteroatoms. The number of benzene rings is 1. The van der Waals surface area contributed by atoms with Crippen LogP contribution in [0.5, 0.6) is 5.75 Å². The Morgan fingerprint density at radius 3 is 2.85 bits per heavy atom. The molecule has 0 atom stereocenters. The zero-order valence-electron chi connectivity index (χ0n) is 10.4. The topological polar surface area (TPSA) is 84.9 Å². The molecule has 0 radical (unpaired) electrons. The Labute approximate surface area is 119 Å². The van der Waals surface area contributed by atoms with Crippen LogP contribution in [0.1, 0.15) is 5.56 Å². The molecule has 0 aliphatic carbocycles. The first-order chi connectivity index (χ1) is 9.63. The molecule has 0 aliphatic rings. The summed E-state index contributed by atoms with van der Waals surface area (Å²) in [4.78, 5) is 4.20. The molecule has 2 heterocycles. The third kappa shape index (κ3) is 2.33. The predicted molar refractivity (Wildman–Crippen MR) is 72.2 cm³/mol. The van der Waals surface area contributed by atoms with Crippen LogP contribution in [0.3, 0.4) is 0 Å². The number of halogens is 1. The molecular formula is C13H9ClN4O2. The Hall–Kier alpha value is -2.47. The van der Waals surface area contributed by atoms with Crippen LogP contribution in [0, 0.1) is 6.92 Å². The molecule has 0 unspecified atom stereocenters. The van der Waals surface area contributed by atoms with Gasteiger partial charge in [0.25, 0.3) is 5.89 Å². The van der Waals surface area contributed by atoms with Gasteiger partial charge in [-0.05, 0) is 36.8 Å². The minimum atomic E-state index is -0.0250. The summed E-state index contributed by atoms with van der Waals surface area (Å²) >= 11 is 5.78. The molecule has 0 amide bonds. The number of phenols is 1. The van der Waals surface area contributed by atoms with Crippen LogP contribution in [0.2, 0.25) is 5.02 Å². The van der Waals surface area contributed by atoms with E-state index in [0.29, 0.717) is 22.1 Å². The van der Waals surface area contributed by atoms with E-state index in [4.69, 9.17) is 16.1 Å². The number of aryl methyl sites for hydroxylation is 1. The summed E-state index contributed by atoms with van der Waals surface area (Å²) in [6.45, 7) is 1.89. The first-order valence-electron chi connectivity index (χ1n) is 5.76. The Kier molecular flexibility index (Phi) is 3.08. The lowest BCUT2D eigenvalue weighted by atomic mass is 10.2. The normalized spacial score (nSPS) is 10.7. The van der Waals surface area contributed by atoms with E-state index in [1.165, 1.54) is 6.07 Å². The van der Waals surface area contributed by atoms with Crippen LogP contribution in [0.25, 0.3) is 23.0 Å². The molecule has 0 saturated heterocycles. The average Bonchev–Trinajstić information content (AvgIpc) is 2.88.